The van der Waals surface area contributed by atoms with E-state index in [-0.39, 0.29) is 11.8 Å². The number of aromatic nitrogens is 5. The third kappa shape index (κ3) is 4.31. The predicted octanol–water partition coefficient (Wildman–Crippen LogP) is 2.06. The standard InChI is InChI=1S/C20H23N9O/c1-22-19-16(13-8-26-29(2)12-13)11-25-20(28-19)27-14-6-18(17(7-21)24-9-14)30-15-4-3-5-23-10-15/h6,8-9,11-12,15,23H,3-5,10H2,1-2H3,(H2,22,25,27,28)/t15-/m1/s1. The van der Waals surface area contributed by atoms with Crippen molar-refractivity contribution in [2.75, 3.05) is 30.8 Å². The van der Waals surface area contributed by atoms with Crippen molar-refractivity contribution in [1.82, 2.24) is 30.0 Å². The maximum absolute atomic E-state index is 9.37. The Balaban J connectivity index is 1.56. The first-order chi connectivity index (χ1) is 14.7. The Bertz CT molecular complexity index is 1070. The van der Waals surface area contributed by atoms with Crippen LogP contribution in [0.1, 0.15) is 18.5 Å². The van der Waals surface area contributed by atoms with E-state index in [2.05, 4.69) is 42.1 Å². The molecule has 0 spiro atoms. The van der Waals surface area contributed by atoms with Gasteiger partial charge in [-0.15, -0.1) is 0 Å². The number of nitrogens with one attached hydrogen (secondary N) is 3. The van der Waals surface area contributed by atoms with Gasteiger partial charge in [0.15, 0.2) is 11.4 Å². The topological polar surface area (TPSA) is 126 Å². The van der Waals surface area contributed by atoms with E-state index in [0.717, 1.165) is 37.1 Å². The van der Waals surface area contributed by atoms with E-state index in [1.807, 2.05) is 13.2 Å². The van der Waals surface area contributed by atoms with Gasteiger partial charge in [0, 0.05) is 50.2 Å². The largest absolute Gasteiger partial charge is 0.486 e. The molecule has 0 bridgehead atoms. The van der Waals surface area contributed by atoms with Crippen LogP contribution in [0.5, 0.6) is 5.75 Å². The Morgan fingerprint density at radius 3 is 2.90 bits per heavy atom. The molecule has 0 radical (unpaired) electrons. The van der Waals surface area contributed by atoms with Gasteiger partial charge in [-0.3, -0.25) is 4.68 Å². The number of hydrogen-bond donors (Lipinski definition) is 3. The van der Waals surface area contributed by atoms with Crippen molar-refractivity contribution >= 4 is 17.5 Å². The number of ether oxygens (including phenoxy) is 1. The van der Waals surface area contributed by atoms with Crippen LogP contribution < -0.4 is 20.7 Å². The average molecular weight is 405 g/mol. The van der Waals surface area contributed by atoms with Crippen molar-refractivity contribution in [3.05, 3.63) is 36.5 Å². The van der Waals surface area contributed by atoms with Crippen molar-refractivity contribution < 1.29 is 4.74 Å². The van der Waals surface area contributed by atoms with E-state index in [1.54, 1.807) is 36.4 Å². The quantitative estimate of drug-likeness (QED) is 0.565. The Morgan fingerprint density at radius 2 is 2.20 bits per heavy atom. The van der Waals surface area contributed by atoms with E-state index in [9.17, 15) is 5.26 Å². The summed E-state index contributed by atoms with van der Waals surface area (Å²) in [5, 5.41) is 23.1. The Morgan fingerprint density at radius 1 is 1.30 bits per heavy atom. The molecule has 0 saturated carbocycles. The molecule has 0 aromatic carbocycles. The Labute approximate surface area is 174 Å². The summed E-state index contributed by atoms with van der Waals surface area (Å²) in [6, 6.07) is 3.85. The third-order valence-corrected chi connectivity index (χ3v) is 4.80. The summed E-state index contributed by atoms with van der Waals surface area (Å²) >= 11 is 0. The minimum Gasteiger partial charge on any atom is -0.486 e. The summed E-state index contributed by atoms with van der Waals surface area (Å²) in [6.07, 6.45) is 8.99. The Hall–Kier alpha value is -3.71. The van der Waals surface area contributed by atoms with Crippen LogP contribution in [0.2, 0.25) is 0 Å². The zero-order chi connectivity index (χ0) is 20.9. The predicted molar refractivity (Wildman–Crippen MR) is 113 cm³/mol. The summed E-state index contributed by atoms with van der Waals surface area (Å²) in [7, 11) is 3.67. The van der Waals surface area contributed by atoms with Gasteiger partial charge in [-0.2, -0.15) is 15.3 Å². The van der Waals surface area contributed by atoms with Crippen molar-refractivity contribution in [3.8, 4) is 22.9 Å². The fourth-order valence-corrected chi connectivity index (χ4v) is 3.32. The molecule has 0 unspecified atom stereocenters. The third-order valence-electron chi connectivity index (χ3n) is 4.80. The first kappa shape index (κ1) is 19.6. The van der Waals surface area contributed by atoms with Crippen molar-refractivity contribution in [1.29, 1.82) is 5.26 Å². The normalized spacial score (nSPS) is 16.0. The highest BCUT2D eigenvalue weighted by atomic mass is 16.5. The lowest BCUT2D eigenvalue weighted by Gasteiger charge is -2.24. The first-order valence-corrected chi connectivity index (χ1v) is 9.74. The van der Waals surface area contributed by atoms with Gasteiger partial charge < -0.3 is 20.7 Å². The van der Waals surface area contributed by atoms with E-state index in [1.165, 1.54) is 0 Å². The van der Waals surface area contributed by atoms with E-state index in [0.29, 0.717) is 23.2 Å². The lowest BCUT2D eigenvalue weighted by atomic mass is 10.1. The lowest BCUT2D eigenvalue weighted by Crippen LogP contribution is -2.37. The molecule has 1 atom stereocenters. The second-order valence-corrected chi connectivity index (χ2v) is 7.00. The van der Waals surface area contributed by atoms with Gasteiger partial charge in [0.05, 0.1) is 18.1 Å². The maximum Gasteiger partial charge on any atom is 0.229 e. The molecule has 1 fully saturated rings. The van der Waals surface area contributed by atoms with Gasteiger partial charge in [0.25, 0.3) is 0 Å². The number of anilines is 3. The molecule has 10 heteroatoms. The van der Waals surface area contributed by atoms with Crippen LogP contribution in [0.3, 0.4) is 0 Å². The Kier molecular flexibility index (Phi) is 5.72. The molecule has 154 valence electrons. The van der Waals surface area contributed by atoms with Crippen LogP contribution in [0, 0.1) is 11.3 Å². The average Bonchev–Trinajstić information content (AvgIpc) is 3.20. The second kappa shape index (κ2) is 8.75. The molecular weight excluding hydrogens is 382 g/mol. The number of rotatable bonds is 6. The highest BCUT2D eigenvalue weighted by Crippen LogP contribution is 2.28. The highest BCUT2D eigenvalue weighted by Gasteiger charge is 2.18. The van der Waals surface area contributed by atoms with E-state index in [4.69, 9.17) is 4.74 Å². The monoisotopic (exact) mass is 405 g/mol. The molecule has 10 nitrogen and oxygen atoms in total. The summed E-state index contributed by atoms with van der Waals surface area (Å²) in [4.78, 5) is 13.2. The molecule has 1 aliphatic rings. The number of hydrogen-bond acceptors (Lipinski definition) is 9. The zero-order valence-electron chi connectivity index (χ0n) is 16.9. The second-order valence-electron chi connectivity index (χ2n) is 7.00. The van der Waals surface area contributed by atoms with Crippen LogP contribution >= 0.6 is 0 Å². The molecule has 1 saturated heterocycles. The van der Waals surface area contributed by atoms with Crippen molar-refractivity contribution in [2.24, 2.45) is 7.05 Å². The molecule has 3 aromatic heterocycles. The van der Waals surface area contributed by atoms with Gasteiger partial charge in [0.2, 0.25) is 5.95 Å². The van der Waals surface area contributed by atoms with Gasteiger partial charge >= 0.3 is 0 Å². The maximum atomic E-state index is 9.37. The smallest absolute Gasteiger partial charge is 0.229 e. The molecule has 4 heterocycles. The van der Waals surface area contributed by atoms with Gasteiger partial charge in [-0.25, -0.2) is 9.97 Å². The summed E-state index contributed by atoms with van der Waals surface area (Å²) < 4.78 is 7.76. The van der Waals surface area contributed by atoms with E-state index < -0.39 is 0 Å². The molecule has 3 N–H and O–H groups in total. The number of piperidine rings is 1. The van der Waals surface area contributed by atoms with Gasteiger partial charge in [-0.1, -0.05) is 0 Å². The van der Waals surface area contributed by atoms with Crippen LogP contribution in [-0.2, 0) is 7.05 Å². The SMILES string of the molecule is CNc1nc(Nc2cnc(C#N)c(O[C@@H]3CCCNC3)c2)ncc1-c1cnn(C)c1. The number of nitriles is 1. The molecule has 3 aromatic rings. The van der Waals surface area contributed by atoms with Crippen LogP contribution in [0.4, 0.5) is 17.5 Å². The van der Waals surface area contributed by atoms with E-state index >= 15 is 0 Å². The summed E-state index contributed by atoms with van der Waals surface area (Å²) in [5.74, 6) is 1.53. The molecule has 30 heavy (non-hydrogen) atoms. The first-order valence-electron chi connectivity index (χ1n) is 9.74. The number of aryl methyl sites for hydroxylation is 1. The van der Waals surface area contributed by atoms with Gasteiger partial charge in [0.1, 0.15) is 18.0 Å². The fraction of sp³-hybridized carbons (Fsp3) is 0.350. The van der Waals surface area contributed by atoms with Crippen LogP contribution in [0.25, 0.3) is 11.1 Å². The molecular formula is C20H23N9O. The molecule has 1 aliphatic heterocycles. The van der Waals surface area contributed by atoms with Gasteiger partial charge in [-0.05, 0) is 19.4 Å². The van der Waals surface area contributed by atoms with Crippen molar-refractivity contribution in [3.63, 3.8) is 0 Å². The number of nitrogens with zero attached hydrogens (tertiary/aromatic N) is 6. The summed E-state index contributed by atoms with van der Waals surface area (Å²) in [6.45, 7) is 1.75. The zero-order valence-corrected chi connectivity index (χ0v) is 16.9. The van der Waals surface area contributed by atoms with Crippen molar-refractivity contribution in [2.45, 2.75) is 18.9 Å². The minimum absolute atomic E-state index is 0.0220. The molecule has 0 amide bonds. The lowest BCUT2D eigenvalue weighted by molar-refractivity contribution is 0.166. The van der Waals surface area contributed by atoms with Crippen LogP contribution in [0.15, 0.2) is 30.9 Å². The van der Waals surface area contributed by atoms with Crippen LogP contribution in [-0.4, -0.2) is 51.0 Å². The summed E-state index contributed by atoms with van der Waals surface area (Å²) in [5.41, 5.74) is 2.67. The molecule has 4 rings (SSSR count). The molecule has 0 aliphatic carbocycles. The minimum atomic E-state index is 0.0220. The fourth-order valence-electron chi connectivity index (χ4n) is 3.32. The number of pyridine rings is 1. The highest BCUT2D eigenvalue weighted by molar-refractivity contribution is 5.74.